The lowest BCUT2D eigenvalue weighted by Crippen LogP contribution is -1.96. The summed E-state index contributed by atoms with van der Waals surface area (Å²) in [4.78, 5) is 7.73. The van der Waals surface area contributed by atoms with Crippen molar-refractivity contribution >= 4 is 27.0 Å². The summed E-state index contributed by atoms with van der Waals surface area (Å²) in [6.07, 6.45) is 3.75. The van der Waals surface area contributed by atoms with Gasteiger partial charge in [0.25, 0.3) is 0 Å². The van der Waals surface area contributed by atoms with Crippen LogP contribution in [0.1, 0.15) is 11.3 Å². The first kappa shape index (κ1) is 9.36. The molecule has 4 heteroatoms. The molecular formula is C11H11BrN2O. The van der Waals surface area contributed by atoms with E-state index < -0.39 is 0 Å². The highest BCUT2D eigenvalue weighted by atomic mass is 79.9. The van der Waals surface area contributed by atoms with Gasteiger partial charge in [-0.2, -0.15) is 0 Å². The summed E-state index contributed by atoms with van der Waals surface area (Å²) in [6.45, 7) is 1.61. The Labute approximate surface area is 96.0 Å². The van der Waals surface area contributed by atoms with Crippen LogP contribution in [-0.4, -0.2) is 23.2 Å². The molecule has 3 rings (SSSR count). The van der Waals surface area contributed by atoms with Gasteiger partial charge in [0.05, 0.1) is 13.2 Å². The Kier molecular flexibility index (Phi) is 2.25. The summed E-state index contributed by atoms with van der Waals surface area (Å²) >= 11 is 3.58. The van der Waals surface area contributed by atoms with E-state index in [0.29, 0.717) is 0 Å². The predicted molar refractivity (Wildman–Crippen MR) is 62.0 cm³/mol. The molecule has 0 spiro atoms. The number of fused-ring (bicyclic) bond motifs is 3. The lowest BCUT2D eigenvalue weighted by atomic mass is 10.1. The van der Waals surface area contributed by atoms with Crippen LogP contribution in [0.25, 0.3) is 11.0 Å². The number of H-pyrrole nitrogens is 1. The smallest absolute Gasteiger partial charge is 0.138 e. The van der Waals surface area contributed by atoms with Crippen LogP contribution in [0.15, 0.2) is 16.7 Å². The summed E-state index contributed by atoms with van der Waals surface area (Å²) in [5.74, 6) is 0. The van der Waals surface area contributed by atoms with Gasteiger partial charge in [-0.1, -0.05) is 0 Å². The van der Waals surface area contributed by atoms with Gasteiger partial charge < -0.3 is 9.72 Å². The molecule has 0 amide bonds. The first-order chi connectivity index (χ1) is 7.36. The molecule has 3 nitrogen and oxygen atoms in total. The van der Waals surface area contributed by atoms with Gasteiger partial charge in [-0.05, 0) is 34.0 Å². The van der Waals surface area contributed by atoms with Crippen LogP contribution in [0, 0.1) is 0 Å². The van der Waals surface area contributed by atoms with E-state index in [9.17, 15) is 0 Å². The average molecular weight is 267 g/mol. The van der Waals surface area contributed by atoms with Crippen molar-refractivity contribution in [3.05, 3.63) is 28.0 Å². The van der Waals surface area contributed by atoms with E-state index in [0.717, 1.165) is 36.2 Å². The fraction of sp³-hybridized carbons (Fsp3) is 0.364. The highest BCUT2D eigenvalue weighted by molar-refractivity contribution is 9.10. The third kappa shape index (κ3) is 1.48. The van der Waals surface area contributed by atoms with Crippen LogP contribution in [-0.2, 0) is 17.6 Å². The average Bonchev–Trinajstić information content (AvgIpc) is 2.43. The Hall–Kier alpha value is -0.870. The lowest BCUT2D eigenvalue weighted by Gasteiger charge is -1.99. The van der Waals surface area contributed by atoms with Gasteiger partial charge in [0.15, 0.2) is 0 Å². The van der Waals surface area contributed by atoms with E-state index in [1.54, 1.807) is 0 Å². The standard InChI is InChI=1S/C11H11BrN2O/c12-8-1-4-13-11-10(8)7-2-5-15-6-3-9(7)14-11/h1,4H,2-3,5-6H2,(H,13,14). The molecule has 1 N–H and O–H groups in total. The van der Waals surface area contributed by atoms with Gasteiger partial charge in [-0.25, -0.2) is 4.98 Å². The molecule has 3 heterocycles. The number of nitrogens with one attached hydrogen (secondary N) is 1. The summed E-state index contributed by atoms with van der Waals surface area (Å²) in [7, 11) is 0. The van der Waals surface area contributed by atoms with Crippen LogP contribution in [0.4, 0.5) is 0 Å². The minimum absolute atomic E-state index is 0.803. The third-order valence-corrected chi connectivity index (χ3v) is 3.49. The number of rotatable bonds is 0. The Morgan fingerprint density at radius 2 is 2.20 bits per heavy atom. The molecule has 0 saturated heterocycles. The van der Waals surface area contributed by atoms with E-state index in [4.69, 9.17) is 4.74 Å². The van der Waals surface area contributed by atoms with Gasteiger partial charge in [-0.3, -0.25) is 0 Å². The topological polar surface area (TPSA) is 37.9 Å². The largest absolute Gasteiger partial charge is 0.381 e. The monoisotopic (exact) mass is 266 g/mol. The molecule has 1 aliphatic heterocycles. The summed E-state index contributed by atoms with van der Waals surface area (Å²) in [6, 6.07) is 1.99. The van der Waals surface area contributed by atoms with Gasteiger partial charge in [0.1, 0.15) is 5.65 Å². The van der Waals surface area contributed by atoms with Crippen molar-refractivity contribution in [2.24, 2.45) is 0 Å². The quantitative estimate of drug-likeness (QED) is 0.796. The van der Waals surface area contributed by atoms with Crippen molar-refractivity contribution in [3.63, 3.8) is 0 Å². The lowest BCUT2D eigenvalue weighted by molar-refractivity contribution is 0.146. The number of pyridine rings is 1. The maximum Gasteiger partial charge on any atom is 0.138 e. The summed E-state index contributed by atoms with van der Waals surface area (Å²) in [5.41, 5.74) is 3.63. The molecule has 0 unspecified atom stereocenters. The van der Waals surface area contributed by atoms with E-state index in [-0.39, 0.29) is 0 Å². The van der Waals surface area contributed by atoms with E-state index in [2.05, 4.69) is 25.9 Å². The molecule has 78 valence electrons. The zero-order valence-corrected chi connectivity index (χ0v) is 9.80. The fourth-order valence-electron chi connectivity index (χ4n) is 2.13. The third-order valence-electron chi connectivity index (χ3n) is 2.83. The van der Waals surface area contributed by atoms with Gasteiger partial charge in [0, 0.05) is 28.2 Å². The molecule has 1 aliphatic rings. The Morgan fingerprint density at radius 1 is 1.33 bits per heavy atom. The van der Waals surface area contributed by atoms with Crippen LogP contribution < -0.4 is 0 Å². The van der Waals surface area contributed by atoms with Crippen molar-refractivity contribution in [1.82, 2.24) is 9.97 Å². The maximum absolute atomic E-state index is 5.47. The molecule has 0 fully saturated rings. The zero-order chi connectivity index (χ0) is 10.3. The highest BCUT2D eigenvalue weighted by Crippen LogP contribution is 2.29. The Bertz CT molecular complexity index is 507. The zero-order valence-electron chi connectivity index (χ0n) is 8.22. The van der Waals surface area contributed by atoms with Gasteiger partial charge in [-0.15, -0.1) is 0 Å². The summed E-state index contributed by atoms with van der Waals surface area (Å²) < 4.78 is 6.59. The number of aromatic nitrogens is 2. The molecular weight excluding hydrogens is 256 g/mol. The van der Waals surface area contributed by atoms with Gasteiger partial charge in [0.2, 0.25) is 0 Å². The van der Waals surface area contributed by atoms with Crippen LogP contribution in [0.2, 0.25) is 0 Å². The molecule has 0 atom stereocenters. The van der Waals surface area contributed by atoms with Crippen molar-refractivity contribution in [1.29, 1.82) is 0 Å². The first-order valence-corrected chi connectivity index (χ1v) is 5.87. The molecule has 15 heavy (non-hydrogen) atoms. The summed E-state index contributed by atoms with van der Waals surface area (Å²) in [5, 5.41) is 1.22. The number of hydrogen-bond acceptors (Lipinski definition) is 2. The van der Waals surface area contributed by atoms with Crippen molar-refractivity contribution < 1.29 is 4.74 Å². The van der Waals surface area contributed by atoms with Gasteiger partial charge >= 0.3 is 0 Å². The van der Waals surface area contributed by atoms with E-state index >= 15 is 0 Å². The maximum atomic E-state index is 5.47. The van der Waals surface area contributed by atoms with Crippen molar-refractivity contribution in [2.45, 2.75) is 12.8 Å². The SMILES string of the molecule is Brc1ccnc2[nH]c3c(c12)CCOCC3. The molecule has 0 aliphatic carbocycles. The minimum Gasteiger partial charge on any atom is -0.381 e. The molecule has 0 aromatic carbocycles. The second-order valence-electron chi connectivity index (χ2n) is 3.71. The van der Waals surface area contributed by atoms with Crippen LogP contribution in [0.3, 0.4) is 0 Å². The number of nitrogens with zero attached hydrogens (tertiary/aromatic N) is 1. The van der Waals surface area contributed by atoms with Crippen molar-refractivity contribution in [2.75, 3.05) is 13.2 Å². The molecule has 2 aromatic heterocycles. The van der Waals surface area contributed by atoms with E-state index in [1.807, 2.05) is 12.3 Å². The first-order valence-electron chi connectivity index (χ1n) is 5.08. The number of aromatic amines is 1. The highest BCUT2D eigenvalue weighted by Gasteiger charge is 2.16. The minimum atomic E-state index is 0.803. The van der Waals surface area contributed by atoms with Crippen LogP contribution in [0.5, 0.6) is 0 Å². The van der Waals surface area contributed by atoms with Crippen molar-refractivity contribution in [3.8, 4) is 0 Å². The Balaban J connectivity index is 2.29. The second kappa shape index (κ2) is 3.61. The fourth-order valence-corrected chi connectivity index (χ4v) is 2.67. The normalized spacial score (nSPS) is 16.3. The predicted octanol–water partition coefficient (Wildman–Crippen LogP) is 2.44. The number of hydrogen-bond donors (Lipinski definition) is 1. The molecule has 2 aromatic rings. The second-order valence-corrected chi connectivity index (χ2v) is 4.57. The molecule has 0 radical (unpaired) electrons. The molecule has 0 bridgehead atoms. The Morgan fingerprint density at radius 3 is 3.13 bits per heavy atom. The van der Waals surface area contributed by atoms with Crippen LogP contribution >= 0.6 is 15.9 Å². The number of ether oxygens (including phenoxy) is 1. The number of halogens is 1. The molecule has 0 saturated carbocycles. The van der Waals surface area contributed by atoms with E-state index in [1.165, 1.54) is 16.6 Å².